The first-order chi connectivity index (χ1) is 15.8. The second-order valence-corrected chi connectivity index (χ2v) is 9.63. The van der Waals surface area contributed by atoms with Gasteiger partial charge in [-0.1, -0.05) is 111 Å². The molecule has 170 valence electrons. The number of aliphatic hydroxyl groups excluding tert-OH is 1. The van der Waals surface area contributed by atoms with E-state index < -0.39 is 0 Å². The lowest BCUT2D eigenvalue weighted by molar-refractivity contribution is 0.0534. The predicted molar refractivity (Wildman–Crippen MR) is 139 cm³/mol. The molecule has 3 rings (SSSR count). The summed E-state index contributed by atoms with van der Waals surface area (Å²) in [6.07, 6.45) is 4.20. The minimum atomic E-state index is -0.380. The van der Waals surface area contributed by atoms with Crippen LogP contribution in [0.4, 0.5) is 0 Å². The normalized spacial score (nSPS) is 13.2. The molecule has 2 atom stereocenters. The zero-order chi connectivity index (χ0) is 22.4. The zero-order valence-electron chi connectivity index (χ0n) is 19.3. The van der Waals surface area contributed by atoms with Gasteiger partial charge in [0.2, 0.25) is 0 Å². The van der Waals surface area contributed by atoms with Gasteiger partial charge in [-0.2, -0.15) is 11.8 Å². The molecule has 3 aromatic carbocycles. The molecule has 2 nitrogen and oxygen atoms in total. The highest BCUT2D eigenvalue weighted by Gasteiger charge is 2.27. The highest BCUT2D eigenvalue weighted by Crippen LogP contribution is 2.22. The van der Waals surface area contributed by atoms with Crippen molar-refractivity contribution in [3.05, 3.63) is 108 Å². The summed E-state index contributed by atoms with van der Waals surface area (Å²) in [5, 5.41) is 11.4. The maximum atomic E-state index is 11.4. The Labute approximate surface area is 198 Å². The van der Waals surface area contributed by atoms with Crippen molar-refractivity contribution in [3.63, 3.8) is 0 Å². The number of thioether (sulfide) groups is 1. The van der Waals surface area contributed by atoms with Crippen molar-refractivity contribution >= 4 is 11.8 Å². The summed E-state index contributed by atoms with van der Waals surface area (Å²) >= 11 is 1.89. The number of rotatable bonds is 14. The Morgan fingerprint density at radius 2 is 1.22 bits per heavy atom. The number of nitrogens with zero attached hydrogens (tertiary/aromatic N) is 1. The third-order valence-electron chi connectivity index (χ3n) is 5.84. The molecule has 0 fully saturated rings. The molecule has 32 heavy (non-hydrogen) atoms. The van der Waals surface area contributed by atoms with E-state index in [1.165, 1.54) is 36.0 Å². The van der Waals surface area contributed by atoms with Crippen LogP contribution in [-0.4, -0.2) is 33.7 Å². The molecule has 0 aliphatic carbocycles. The first-order valence-corrected chi connectivity index (χ1v) is 13.0. The van der Waals surface area contributed by atoms with E-state index in [0.29, 0.717) is 0 Å². The molecule has 0 aromatic heterocycles. The van der Waals surface area contributed by atoms with Crippen LogP contribution in [0.5, 0.6) is 0 Å². The average Bonchev–Trinajstić information content (AvgIpc) is 2.84. The SMILES string of the molecule is CCCCCSC[C@H](O)[C@H](Cc1ccccc1)N(Cc1ccccc1)Cc1ccccc1. The van der Waals surface area contributed by atoms with Crippen LogP contribution in [-0.2, 0) is 19.5 Å². The van der Waals surface area contributed by atoms with E-state index in [1.807, 2.05) is 11.8 Å². The molecular weight excluding hydrogens is 410 g/mol. The van der Waals surface area contributed by atoms with E-state index in [2.05, 4.69) is 103 Å². The van der Waals surface area contributed by atoms with Crippen molar-refractivity contribution in [2.45, 2.75) is 57.8 Å². The quantitative estimate of drug-likeness (QED) is 0.282. The Balaban J connectivity index is 1.80. The summed E-state index contributed by atoms with van der Waals surface area (Å²) in [7, 11) is 0. The fourth-order valence-corrected chi connectivity index (χ4v) is 5.10. The molecule has 3 aromatic rings. The van der Waals surface area contributed by atoms with Crippen LogP contribution in [0.15, 0.2) is 91.0 Å². The van der Waals surface area contributed by atoms with Crippen LogP contribution in [0.25, 0.3) is 0 Å². The van der Waals surface area contributed by atoms with Crippen molar-refractivity contribution in [1.29, 1.82) is 0 Å². The number of unbranched alkanes of at least 4 members (excludes halogenated alkanes) is 2. The van der Waals surface area contributed by atoms with Crippen molar-refractivity contribution < 1.29 is 5.11 Å². The molecule has 0 bridgehead atoms. The van der Waals surface area contributed by atoms with Gasteiger partial charge in [0, 0.05) is 24.9 Å². The minimum Gasteiger partial charge on any atom is -0.391 e. The van der Waals surface area contributed by atoms with Crippen molar-refractivity contribution in [2.75, 3.05) is 11.5 Å². The van der Waals surface area contributed by atoms with Crippen LogP contribution in [0.3, 0.4) is 0 Å². The van der Waals surface area contributed by atoms with Gasteiger partial charge in [-0.15, -0.1) is 0 Å². The molecule has 0 heterocycles. The molecule has 3 heteroatoms. The van der Waals surface area contributed by atoms with E-state index >= 15 is 0 Å². The van der Waals surface area contributed by atoms with E-state index in [0.717, 1.165) is 31.0 Å². The third kappa shape index (κ3) is 8.46. The summed E-state index contributed by atoms with van der Waals surface area (Å²) in [6.45, 7) is 3.88. The highest BCUT2D eigenvalue weighted by atomic mass is 32.2. The Hall–Kier alpha value is -2.07. The lowest BCUT2D eigenvalue weighted by atomic mass is 9.98. The zero-order valence-corrected chi connectivity index (χ0v) is 20.1. The highest BCUT2D eigenvalue weighted by molar-refractivity contribution is 7.99. The maximum absolute atomic E-state index is 11.4. The lowest BCUT2D eigenvalue weighted by Gasteiger charge is -2.35. The summed E-state index contributed by atoms with van der Waals surface area (Å²) < 4.78 is 0. The second kappa shape index (κ2) is 14.2. The number of hydrogen-bond donors (Lipinski definition) is 1. The van der Waals surface area contributed by atoms with Crippen LogP contribution >= 0.6 is 11.8 Å². The monoisotopic (exact) mass is 447 g/mol. The fourth-order valence-electron chi connectivity index (χ4n) is 4.06. The topological polar surface area (TPSA) is 23.5 Å². The van der Waals surface area contributed by atoms with Crippen LogP contribution in [0.1, 0.15) is 42.9 Å². The molecular formula is C29H37NOS. The Bertz CT molecular complexity index is 815. The van der Waals surface area contributed by atoms with Gasteiger partial charge >= 0.3 is 0 Å². The fraction of sp³-hybridized carbons (Fsp3) is 0.379. The van der Waals surface area contributed by atoms with Gasteiger partial charge in [-0.25, -0.2) is 0 Å². The van der Waals surface area contributed by atoms with Gasteiger partial charge in [0.25, 0.3) is 0 Å². The van der Waals surface area contributed by atoms with Gasteiger partial charge in [-0.3, -0.25) is 4.90 Å². The first-order valence-electron chi connectivity index (χ1n) is 11.9. The lowest BCUT2D eigenvalue weighted by Crippen LogP contribution is -2.45. The smallest absolute Gasteiger partial charge is 0.0789 e. The molecule has 0 saturated heterocycles. The van der Waals surface area contributed by atoms with E-state index in [9.17, 15) is 5.11 Å². The molecule has 1 N–H and O–H groups in total. The molecule has 0 spiro atoms. The summed E-state index contributed by atoms with van der Waals surface area (Å²) in [5.74, 6) is 1.90. The molecule has 0 saturated carbocycles. The van der Waals surface area contributed by atoms with Crippen LogP contribution < -0.4 is 0 Å². The van der Waals surface area contributed by atoms with E-state index in [1.54, 1.807) is 0 Å². The molecule has 0 unspecified atom stereocenters. The third-order valence-corrected chi connectivity index (χ3v) is 6.99. The number of benzene rings is 3. The van der Waals surface area contributed by atoms with Gasteiger partial charge in [0.05, 0.1) is 6.10 Å². The second-order valence-electron chi connectivity index (χ2n) is 8.48. The van der Waals surface area contributed by atoms with Crippen molar-refractivity contribution in [3.8, 4) is 0 Å². The average molecular weight is 448 g/mol. The first kappa shape index (κ1) is 24.6. The van der Waals surface area contributed by atoms with Crippen molar-refractivity contribution in [1.82, 2.24) is 4.90 Å². The minimum absolute atomic E-state index is 0.0523. The molecule has 0 aliphatic rings. The van der Waals surface area contributed by atoms with E-state index in [-0.39, 0.29) is 12.1 Å². The standard InChI is InChI=1S/C29H37NOS/c1-2-3-13-20-32-24-29(31)28(21-25-14-7-4-8-15-25)30(22-26-16-9-5-10-17-26)23-27-18-11-6-12-19-27/h4-12,14-19,28-29,31H,2-3,13,20-24H2,1H3/t28-,29-/m0/s1. The van der Waals surface area contributed by atoms with Crippen LogP contribution in [0, 0.1) is 0 Å². The van der Waals surface area contributed by atoms with Gasteiger partial charge < -0.3 is 5.11 Å². The Kier molecular flexibility index (Phi) is 10.9. The van der Waals surface area contributed by atoms with Gasteiger partial charge in [0.15, 0.2) is 0 Å². The molecule has 0 amide bonds. The number of aliphatic hydroxyl groups is 1. The van der Waals surface area contributed by atoms with Crippen LogP contribution in [0.2, 0.25) is 0 Å². The predicted octanol–water partition coefficient (Wildman–Crippen LogP) is 6.58. The summed E-state index contributed by atoms with van der Waals surface area (Å²) in [4.78, 5) is 2.47. The summed E-state index contributed by atoms with van der Waals surface area (Å²) in [5.41, 5.74) is 3.84. The largest absolute Gasteiger partial charge is 0.391 e. The Morgan fingerprint density at radius 3 is 1.72 bits per heavy atom. The number of hydrogen-bond acceptors (Lipinski definition) is 3. The van der Waals surface area contributed by atoms with Gasteiger partial charge in [-0.05, 0) is 35.3 Å². The summed E-state index contributed by atoms with van der Waals surface area (Å²) in [6, 6.07) is 31.9. The molecule has 0 aliphatic heterocycles. The van der Waals surface area contributed by atoms with E-state index in [4.69, 9.17) is 0 Å². The van der Waals surface area contributed by atoms with Gasteiger partial charge in [0.1, 0.15) is 0 Å². The van der Waals surface area contributed by atoms with Crippen molar-refractivity contribution in [2.24, 2.45) is 0 Å². The maximum Gasteiger partial charge on any atom is 0.0789 e. The molecule has 0 radical (unpaired) electrons. The Morgan fingerprint density at radius 1 is 0.719 bits per heavy atom.